The second kappa shape index (κ2) is 9.56. The average molecular weight is 463 g/mol. The first kappa shape index (κ1) is 22.6. The predicted molar refractivity (Wildman–Crippen MR) is 129 cm³/mol. The normalized spacial score (nSPS) is 20.6. The molecule has 4 heterocycles. The lowest BCUT2D eigenvalue weighted by Crippen LogP contribution is -2.59. The minimum absolute atomic E-state index is 0.0869. The molecule has 2 aliphatic heterocycles. The number of hydrogen-bond donors (Lipinski definition) is 0. The van der Waals surface area contributed by atoms with E-state index in [1.165, 1.54) is 12.7 Å². The van der Waals surface area contributed by atoms with Crippen molar-refractivity contribution in [3.63, 3.8) is 0 Å². The quantitative estimate of drug-likeness (QED) is 0.546. The number of carbonyl (C=O) groups excluding carboxylic acids is 1. The molecule has 8 nitrogen and oxygen atoms in total. The van der Waals surface area contributed by atoms with E-state index in [2.05, 4.69) is 44.9 Å². The van der Waals surface area contributed by atoms with Crippen molar-refractivity contribution in [3.8, 4) is 5.75 Å². The van der Waals surface area contributed by atoms with E-state index in [-0.39, 0.29) is 12.3 Å². The fourth-order valence-electron chi connectivity index (χ4n) is 4.87. The van der Waals surface area contributed by atoms with Gasteiger partial charge in [-0.25, -0.2) is 9.78 Å². The SMILES string of the molecule is CCc1cnc2cc3c(cc2c1)OCCC1CN(c2ccc(C(=O)OC)nc2)C[C@@H](OC)N1C3. The van der Waals surface area contributed by atoms with Gasteiger partial charge < -0.3 is 19.1 Å². The number of benzene rings is 1. The van der Waals surface area contributed by atoms with E-state index >= 15 is 0 Å². The van der Waals surface area contributed by atoms with Crippen molar-refractivity contribution in [3.05, 3.63) is 59.5 Å². The third kappa shape index (κ3) is 4.31. The third-order valence-electron chi connectivity index (χ3n) is 6.82. The summed E-state index contributed by atoms with van der Waals surface area (Å²) < 4.78 is 17.0. The van der Waals surface area contributed by atoms with Crippen LogP contribution < -0.4 is 9.64 Å². The van der Waals surface area contributed by atoms with Gasteiger partial charge in [-0.3, -0.25) is 9.88 Å². The number of nitrogens with zero attached hydrogens (tertiary/aromatic N) is 4. The summed E-state index contributed by atoms with van der Waals surface area (Å²) in [6.07, 6.45) is 5.44. The number of fused-ring (bicyclic) bond motifs is 3. The molecule has 1 aromatic carbocycles. The van der Waals surface area contributed by atoms with Crippen LogP contribution in [0.3, 0.4) is 0 Å². The summed E-state index contributed by atoms with van der Waals surface area (Å²) in [5.41, 5.74) is 4.60. The first-order chi connectivity index (χ1) is 16.6. The van der Waals surface area contributed by atoms with Gasteiger partial charge in [0, 0.05) is 43.4 Å². The van der Waals surface area contributed by atoms with Crippen molar-refractivity contribution >= 4 is 22.6 Å². The Balaban J connectivity index is 1.40. The summed E-state index contributed by atoms with van der Waals surface area (Å²) in [5.74, 6) is 0.496. The van der Waals surface area contributed by atoms with Crippen LogP contribution in [0.2, 0.25) is 0 Å². The molecule has 178 valence electrons. The number of esters is 1. The van der Waals surface area contributed by atoms with Crippen LogP contribution >= 0.6 is 0 Å². The number of methoxy groups -OCH3 is 2. The summed E-state index contributed by atoms with van der Waals surface area (Å²) in [4.78, 5) is 25.4. The standard InChI is InChI=1S/C26H30N4O4/c1-4-17-9-18-11-24-19(10-23(18)27-12-17)14-30-21(7-8-34-24)15-29(16-25(30)32-2)20-5-6-22(28-13-20)26(31)33-3/h5-6,9-13,21,25H,4,7-8,14-16H2,1-3H3/t21?,25-/m1/s1. The molecule has 3 aromatic rings. The molecule has 0 amide bonds. The molecule has 34 heavy (non-hydrogen) atoms. The van der Waals surface area contributed by atoms with Crippen molar-refractivity contribution in [2.24, 2.45) is 0 Å². The minimum Gasteiger partial charge on any atom is -0.493 e. The molecule has 1 saturated heterocycles. The van der Waals surface area contributed by atoms with Crippen LogP contribution in [-0.2, 0) is 22.4 Å². The molecule has 0 spiro atoms. The second-order valence-electron chi connectivity index (χ2n) is 8.80. The molecule has 1 fully saturated rings. The number of anilines is 1. The fraction of sp³-hybridized carbons (Fsp3) is 0.423. The molecule has 8 heteroatoms. The Bertz CT molecular complexity index is 1180. The van der Waals surface area contributed by atoms with Gasteiger partial charge in [-0.1, -0.05) is 6.92 Å². The van der Waals surface area contributed by atoms with Crippen LogP contribution in [0.5, 0.6) is 5.75 Å². The Morgan fingerprint density at radius 1 is 1.15 bits per heavy atom. The van der Waals surface area contributed by atoms with Crippen LogP contribution in [0.15, 0.2) is 42.7 Å². The number of hydrogen-bond acceptors (Lipinski definition) is 8. The molecule has 1 unspecified atom stereocenters. The molecule has 2 aliphatic rings. The topological polar surface area (TPSA) is 77.0 Å². The van der Waals surface area contributed by atoms with Crippen LogP contribution in [0.1, 0.15) is 35.0 Å². The number of aryl methyl sites for hydroxylation is 1. The molecular formula is C26H30N4O4. The van der Waals surface area contributed by atoms with Crippen molar-refractivity contribution in [1.29, 1.82) is 0 Å². The molecule has 0 saturated carbocycles. The number of rotatable bonds is 4. The zero-order valence-electron chi connectivity index (χ0n) is 19.9. The maximum Gasteiger partial charge on any atom is 0.356 e. The van der Waals surface area contributed by atoms with E-state index in [4.69, 9.17) is 14.2 Å². The van der Waals surface area contributed by atoms with Crippen molar-refractivity contribution < 1.29 is 19.0 Å². The Morgan fingerprint density at radius 3 is 2.76 bits per heavy atom. The van der Waals surface area contributed by atoms with Crippen LogP contribution in [0.4, 0.5) is 5.69 Å². The fourth-order valence-corrected chi connectivity index (χ4v) is 4.87. The van der Waals surface area contributed by atoms with Crippen molar-refractivity contribution in [2.45, 2.75) is 38.6 Å². The lowest BCUT2D eigenvalue weighted by Gasteiger charge is -2.47. The van der Waals surface area contributed by atoms with Gasteiger partial charge in [0.05, 0.1) is 37.7 Å². The Labute approximate surface area is 199 Å². The van der Waals surface area contributed by atoms with E-state index in [9.17, 15) is 4.79 Å². The highest BCUT2D eigenvalue weighted by atomic mass is 16.5. The Morgan fingerprint density at radius 2 is 2.03 bits per heavy atom. The summed E-state index contributed by atoms with van der Waals surface area (Å²) in [7, 11) is 3.12. The number of piperazine rings is 1. The first-order valence-electron chi connectivity index (χ1n) is 11.7. The van der Waals surface area contributed by atoms with Gasteiger partial charge in [0.25, 0.3) is 0 Å². The molecule has 0 aliphatic carbocycles. The zero-order valence-corrected chi connectivity index (χ0v) is 19.9. The van der Waals surface area contributed by atoms with Crippen LogP contribution in [0, 0.1) is 0 Å². The molecule has 2 aromatic heterocycles. The molecule has 0 bridgehead atoms. The van der Waals surface area contributed by atoms with Gasteiger partial charge >= 0.3 is 5.97 Å². The molecule has 5 rings (SSSR count). The highest BCUT2D eigenvalue weighted by molar-refractivity contribution is 5.87. The van der Waals surface area contributed by atoms with E-state index < -0.39 is 5.97 Å². The monoisotopic (exact) mass is 462 g/mol. The summed E-state index contributed by atoms with van der Waals surface area (Å²) in [6, 6.07) is 10.3. The maximum absolute atomic E-state index is 11.7. The van der Waals surface area contributed by atoms with Gasteiger partial charge in [-0.2, -0.15) is 0 Å². The van der Waals surface area contributed by atoms with Gasteiger partial charge in [0.1, 0.15) is 17.7 Å². The number of pyridine rings is 2. The molecule has 2 atom stereocenters. The van der Waals surface area contributed by atoms with Crippen LogP contribution in [-0.4, -0.2) is 67.0 Å². The third-order valence-corrected chi connectivity index (χ3v) is 6.82. The highest BCUT2D eigenvalue weighted by Gasteiger charge is 2.36. The predicted octanol–water partition coefficient (Wildman–Crippen LogP) is 3.42. The van der Waals surface area contributed by atoms with Gasteiger partial charge in [-0.15, -0.1) is 0 Å². The van der Waals surface area contributed by atoms with Crippen molar-refractivity contribution in [1.82, 2.24) is 14.9 Å². The van der Waals surface area contributed by atoms with Gasteiger partial charge in [0.15, 0.2) is 0 Å². The largest absolute Gasteiger partial charge is 0.493 e. The van der Waals surface area contributed by atoms with Gasteiger partial charge in [-0.05, 0) is 48.7 Å². The zero-order chi connectivity index (χ0) is 23.7. The molecule has 0 radical (unpaired) electrons. The van der Waals surface area contributed by atoms with E-state index in [0.717, 1.165) is 53.8 Å². The second-order valence-corrected chi connectivity index (χ2v) is 8.80. The molecule has 0 N–H and O–H groups in total. The summed E-state index contributed by atoms with van der Waals surface area (Å²) >= 11 is 0. The number of aromatic nitrogens is 2. The first-order valence-corrected chi connectivity index (χ1v) is 11.7. The Hall–Kier alpha value is -3.23. The minimum atomic E-state index is -0.435. The Kier molecular flexibility index (Phi) is 6.34. The average Bonchev–Trinajstić information content (AvgIpc) is 2.87. The smallest absolute Gasteiger partial charge is 0.356 e. The maximum atomic E-state index is 11.7. The lowest BCUT2D eigenvalue weighted by molar-refractivity contribution is -0.0749. The lowest BCUT2D eigenvalue weighted by atomic mass is 10.0. The highest BCUT2D eigenvalue weighted by Crippen LogP contribution is 2.33. The van der Waals surface area contributed by atoms with E-state index in [1.807, 2.05) is 12.3 Å². The van der Waals surface area contributed by atoms with Crippen LogP contribution in [0.25, 0.3) is 10.9 Å². The van der Waals surface area contributed by atoms with Crippen molar-refractivity contribution in [2.75, 3.05) is 38.8 Å². The number of carbonyl (C=O) groups is 1. The van der Waals surface area contributed by atoms with E-state index in [1.54, 1.807) is 19.4 Å². The van der Waals surface area contributed by atoms with E-state index in [0.29, 0.717) is 18.8 Å². The summed E-state index contributed by atoms with van der Waals surface area (Å²) in [6.45, 7) is 5.03. The number of ether oxygens (including phenoxy) is 3. The summed E-state index contributed by atoms with van der Waals surface area (Å²) in [5, 5.41) is 1.12. The molecular weight excluding hydrogens is 432 g/mol. The van der Waals surface area contributed by atoms with Gasteiger partial charge in [0.2, 0.25) is 0 Å².